The quantitative estimate of drug-likeness (QED) is 0.799. The van der Waals surface area contributed by atoms with Gasteiger partial charge in [-0.15, -0.1) is 0 Å². The molecule has 1 saturated heterocycles. The van der Waals surface area contributed by atoms with Gasteiger partial charge < -0.3 is 4.42 Å². The molecule has 1 aliphatic heterocycles. The summed E-state index contributed by atoms with van der Waals surface area (Å²) in [6.45, 7) is 8.84. The van der Waals surface area contributed by atoms with Crippen molar-refractivity contribution in [3.05, 3.63) is 47.7 Å². The Labute approximate surface area is 160 Å². The second-order valence-electron chi connectivity index (χ2n) is 7.68. The Morgan fingerprint density at radius 1 is 1.15 bits per heavy atom. The summed E-state index contributed by atoms with van der Waals surface area (Å²) in [5, 5.41) is 8.85. The van der Waals surface area contributed by atoms with Gasteiger partial charge in [0.05, 0.1) is 29.3 Å². The first-order valence-electron chi connectivity index (χ1n) is 8.88. The van der Waals surface area contributed by atoms with E-state index in [1.54, 1.807) is 6.20 Å². The van der Waals surface area contributed by atoms with E-state index in [0.717, 1.165) is 5.76 Å². The molecule has 7 nitrogen and oxygen atoms in total. The predicted octanol–water partition coefficient (Wildman–Crippen LogP) is 2.35. The molecule has 1 aromatic heterocycles. The van der Waals surface area contributed by atoms with Gasteiger partial charge in [0.25, 0.3) is 0 Å². The van der Waals surface area contributed by atoms with E-state index >= 15 is 0 Å². The molecule has 8 heteroatoms. The van der Waals surface area contributed by atoms with E-state index in [9.17, 15) is 8.42 Å². The van der Waals surface area contributed by atoms with Gasteiger partial charge in [0, 0.05) is 31.6 Å². The van der Waals surface area contributed by atoms with Gasteiger partial charge >= 0.3 is 0 Å². The van der Waals surface area contributed by atoms with Gasteiger partial charge in [-0.2, -0.15) is 9.57 Å². The van der Waals surface area contributed by atoms with Crippen LogP contribution in [0.3, 0.4) is 0 Å². The number of aromatic nitrogens is 1. The number of rotatable bonds is 4. The van der Waals surface area contributed by atoms with Crippen molar-refractivity contribution in [2.24, 2.45) is 0 Å². The number of benzene rings is 1. The van der Waals surface area contributed by atoms with Crippen LogP contribution in [-0.4, -0.2) is 48.8 Å². The third-order valence-corrected chi connectivity index (χ3v) is 6.52. The number of oxazole rings is 1. The minimum Gasteiger partial charge on any atom is -0.444 e. The number of hydrogen-bond donors (Lipinski definition) is 0. The Kier molecular flexibility index (Phi) is 5.38. The van der Waals surface area contributed by atoms with Crippen molar-refractivity contribution in [3.63, 3.8) is 0 Å². The summed E-state index contributed by atoms with van der Waals surface area (Å²) < 4.78 is 32.8. The zero-order valence-corrected chi connectivity index (χ0v) is 16.7. The number of sulfonamides is 1. The SMILES string of the molecule is CC(C)(C)c1cnc(CN2CCN(S(=O)(=O)c3ccc(C#N)cc3)CC2)o1. The summed E-state index contributed by atoms with van der Waals surface area (Å²) in [5.41, 5.74) is 0.360. The Balaban J connectivity index is 1.61. The van der Waals surface area contributed by atoms with Crippen LogP contribution in [0.5, 0.6) is 0 Å². The van der Waals surface area contributed by atoms with Gasteiger partial charge in [-0.1, -0.05) is 20.8 Å². The molecule has 0 radical (unpaired) electrons. The number of hydrogen-bond acceptors (Lipinski definition) is 6. The fourth-order valence-electron chi connectivity index (χ4n) is 2.90. The van der Waals surface area contributed by atoms with Crippen molar-refractivity contribution in [2.75, 3.05) is 26.2 Å². The maximum absolute atomic E-state index is 12.8. The highest BCUT2D eigenvalue weighted by atomic mass is 32.2. The fourth-order valence-corrected chi connectivity index (χ4v) is 4.32. The Bertz CT molecular complexity index is 929. The van der Waals surface area contributed by atoms with Gasteiger partial charge in [0.1, 0.15) is 5.76 Å². The first-order chi connectivity index (χ1) is 12.7. The molecular formula is C19H24N4O3S. The topological polar surface area (TPSA) is 90.4 Å². The standard InChI is InChI=1S/C19H24N4O3S/c1-19(2,3)17-13-21-18(26-17)14-22-8-10-23(11-9-22)27(24,25)16-6-4-15(12-20)5-7-16/h4-7,13H,8-11,14H2,1-3H3. The third kappa shape index (κ3) is 4.38. The Hall–Kier alpha value is -2.21. The minimum atomic E-state index is -3.54. The largest absolute Gasteiger partial charge is 0.444 e. The normalized spacial score (nSPS) is 17.0. The lowest BCUT2D eigenvalue weighted by molar-refractivity contribution is 0.166. The zero-order valence-electron chi connectivity index (χ0n) is 15.8. The maximum Gasteiger partial charge on any atom is 0.243 e. The van der Waals surface area contributed by atoms with Crippen LogP contribution in [0.4, 0.5) is 0 Å². The lowest BCUT2D eigenvalue weighted by atomic mass is 9.94. The minimum absolute atomic E-state index is 0.0842. The van der Waals surface area contributed by atoms with Crippen LogP contribution in [0.15, 0.2) is 39.8 Å². The van der Waals surface area contributed by atoms with Gasteiger partial charge in [-0.25, -0.2) is 13.4 Å². The van der Waals surface area contributed by atoms with Crippen LogP contribution in [0.25, 0.3) is 0 Å². The van der Waals surface area contributed by atoms with Crippen molar-refractivity contribution in [1.29, 1.82) is 5.26 Å². The summed E-state index contributed by atoms with van der Waals surface area (Å²) in [5.74, 6) is 1.50. The highest BCUT2D eigenvalue weighted by Crippen LogP contribution is 2.24. The molecule has 2 heterocycles. The van der Waals surface area contributed by atoms with Crippen molar-refractivity contribution >= 4 is 10.0 Å². The summed E-state index contributed by atoms with van der Waals surface area (Å²) in [7, 11) is -3.54. The predicted molar refractivity (Wildman–Crippen MR) is 100 cm³/mol. The molecular weight excluding hydrogens is 364 g/mol. The van der Waals surface area contributed by atoms with Crippen molar-refractivity contribution in [1.82, 2.24) is 14.2 Å². The number of piperazine rings is 1. The lowest BCUT2D eigenvalue weighted by Crippen LogP contribution is -2.48. The van der Waals surface area contributed by atoms with E-state index < -0.39 is 10.0 Å². The summed E-state index contributed by atoms with van der Waals surface area (Å²) in [6.07, 6.45) is 1.76. The summed E-state index contributed by atoms with van der Waals surface area (Å²) in [6, 6.07) is 8.02. The first kappa shape index (κ1) is 19.5. The van der Waals surface area contributed by atoms with Crippen LogP contribution in [0.1, 0.15) is 38.0 Å². The Morgan fingerprint density at radius 3 is 2.30 bits per heavy atom. The van der Waals surface area contributed by atoms with E-state index in [2.05, 4.69) is 30.7 Å². The number of nitrogens with zero attached hydrogens (tertiary/aromatic N) is 4. The summed E-state index contributed by atoms with van der Waals surface area (Å²) in [4.78, 5) is 6.70. The Morgan fingerprint density at radius 2 is 1.78 bits per heavy atom. The van der Waals surface area contributed by atoms with Gasteiger partial charge in [0.2, 0.25) is 15.9 Å². The van der Waals surface area contributed by atoms with Crippen LogP contribution in [0.2, 0.25) is 0 Å². The van der Waals surface area contributed by atoms with E-state index in [-0.39, 0.29) is 10.3 Å². The molecule has 0 saturated carbocycles. The average Bonchev–Trinajstić information content (AvgIpc) is 3.11. The molecule has 0 spiro atoms. The molecule has 3 rings (SSSR count). The van der Waals surface area contributed by atoms with Gasteiger partial charge in [-0.05, 0) is 24.3 Å². The monoisotopic (exact) mass is 388 g/mol. The molecule has 0 amide bonds. The molecule has 0 atom stereocenters. The van der Waals surface area contributed by atoms with Crippen molar-refractivity contribution in [2.45, 2.75) is 37.6 Å². The maximum atomic E-state index is 12.8. The zero-order chi connectivity index (χ0) is 19.7. The van der Waals surface area contributed by atoms with Crippen LogP contribution >= 0.6 is 0 Å². The average molecular weight is 388 g/mol. The first-order valence-corrected chi connectivity index (χ1v) is 10.3. The summed E-state index contributed by atoms with van der Waals surface area (Å²) >= 11 is 0. The lowest BCUT2D eigenvalue weighted by Gasteiger charge is -2.33. The van der Waals surface area contributed by atoms with Crippen molar-refractivity contribution < 1.29 is 12.8 Å². The van der Waals surface area contributed by atoms with E-state index in [1.165, 1.54) is 28.6 Å². The second kappa shape index (κ2) is 7.43. The van der Waals surface area contributed by atoms with Crippen LogP contribution < -0.4 is 0 Å². The smallest absolute Gasteiger partial charge is 0.243 e. The van der Waals surface area contributed by atoms with E-state index in [1.807, 2.05) is 6.07 Å². The van der Waals surface area contributed by atoms with Crippen LogP contribution in [0, 0.1) is 11.3 Å². The van der Waals surface area contributed by atoms with Crippen LogP contribution in [-0.2, 0) is 22.0 Å². The molecule has 2 aromatic rings. The molecule has 1 aromatic carbocycles. The molecule has 0 N–H and O–H groups in total. The molecule has 0 bridgehead atoms. The molecule has 1 aliphatic rings. The molecule has 1 fully saturated rings. The highest BCUT2D eigenvalue weighted by molar-refractivity contribution is 7.89. The second-order valence-corrected chi connectivity index (χ2v) is 9.62. The van der Waals surface area contributed by atoms with E-state index in [4.69, 9.17) is 9.68 Å². The molecule has 0 aliphatic carbocycles. The van der Waals surface area contributed by atoms with E-state index in [0.29, 0.717) is 44.2 Å². The number of nitriles is 1. The van der Waals surface area contributed by atoms with Gasteiger partial charge in [0.15, 0.2) is 0 Å². The molecule has 144 valence electrons. The van der Waals surface area contributed by atoms with Crippen molar-refractivity contribution in [3.8, 4) is 6.07 Å². The molecule has 27 heavy (non-hydrogen) atoms. The third-order valence-electron chi connectivity index (χ3n) is 4.60. The fraction of sp³-hybridized carbons (Fsp3) is 0.474. The molecule has 0 unspecified atom stereocenters. The van der Waals surface area contributed by atoms with Gasteiger partial charge in [-0.3, -0.25) is 4.90 Å². The highest BCUT2D eigenvalue weighted by Gasteiger charge is 2.29.